The summed E-state index contributed by atoms with van der Waals surface area (Å²) >= 11 is 1.40. The number of ether oxygens (including phenoxy) is 4. The third-order valence-electron chi connectivity index (χ3n) is 3.64. The lowest BCUT2D eigenvalue weighted by Crippen LogP contribution is -2.59. The average Bonchev–Trinajstić information content (AvgIpc) is 2.57. The molecule has 0 aromatic carbocycles. The highest BCUT2D eigenvalue weighted by atomic mass is 32.2. The van der Waals surface area contributed by atoms with E-state index >= 15 is 0 Å². The molecule has 27 heavy (non-hydrogen) atoms. The number of carbonyl (C=O) groups excluding carboxylic acids is 3. The van der Waals surface area contributed by atoms with Crippen LogP contribution in [0.4, 0.5) is 0 Å². The summed E-state index contributed by atoms with van der Waals surface area (Å²) in [4.78, 5) is 37.1. The van der Waals surface area contributed by atoms with E-state index in [9.17, 15) is 14.4 Å². The zero-order chi connectivity index (χ0) is 20.4. The Kier molecular flexibility index (Phi) is 9.98. The highest BCUT2D eigenvalue weighted by Gasteiger charge is 2.49. The van der Waals surface area contributed by atoms with E-state index in [4.69, 9.17) is 24.5 Å². The Morgan fingerprint density at radius 1 is 1.11 bits per heavy atom. The number of rotatable bonds is 9. The fourth-order valence-electron chi connectivity index (χ4n) is 2.55. The monoisotopic (exact) mass is 403 g/mol. The minimum Gasteiger partial charge on any atom is -0.463 e. The lowest BCUT2D eigenvalue weighted by atomic mass is 9.97. The highest BCUT2D eigenvalue weighted by Crippen LogP contribution is 2.34. The second-order valence-corrected chi connectivity index (χ2v) is 7.12. The molecule has 0 aromatic heterocycles. The number of hydrogen-bond acceptors (Lipinski definition) is 9. The van der Waals surface area contributed by atoms with Crippen molar-refractivity contribution in [3.63, 3.8) is 0 Å². The molecule has 0 aliphatic carbocycles. The van der Waals surface area contributed by atoms with Crippen molar-refractivity contribution < 1.29 is 33.3 Å². The van der Waals surface area contributed by atoms with Gasteiger partial charge in [0.05, 0.1) is 0 Å². The molecule has 1 heterocycles. The maximum absolute atomic E-state index is 11.6. The predicted octanol–water partition coefficient (Wildman–Crippen LogP) is 2.35. The predicted molar refractivity (Wildman–Crippen MR) is 96.7 cm³/mol. The van der Waals surface area contributed by atoms with E-state index in [1.54, 1.807) is 0 Å². The third kappa shape index (κ3) is 7.66. The van der Waals surface area contributed by atoms with Gasteiger partial charge >= 0.3 is 17.9 Å². The van der Waals surface area contributed by atoms with Gasteiger partial charge in [0.1, 0.15) is 36.4 Å². The first-order valence-electron chi connectivity index (χ1n) is 8.59. The molecule has 0 bridgehead atoms. The maximum Gasteiger partial charge on any atom is 0.303 e. The van der Waals surface area contributed by atoms with Crippen LogP contribution in [0.1, 0.15) is 40.5 Å². The molecule has 1 fully saturated rings. The van der Waals surface area contributed by atoms with Gasteiger partial charge in [0.2, 0.25) is 0 Å². The van der Waals surface area contributed by atoms with Crippen LogP contribution >= 0.6 is 11.8 Å². The van der Waals surface area contributed by atoms with Crippen LogP contribution in [-0.2, 0) is 33.3 Å². The van der Waals surface area contributed by atoms with Gasteiger partial charge < -0.3 is 18.9 Å². The molecule has 5 atom stereocenters. The molecule has 0 radical (unpaired) electrons. The van der Waals surface area contributed by atoms with E-state index < -0.39 is 47.7 Å². The van der Waals surface area contributed by atoms with Gasteiger partial charge in [-0.2, -0.15) is 0 Å². The second kappa shape index (κ2) is 11.7. The number of esters is 3. The van der Waals surface area contributed by atoms with Crippen molar-refractivity contribution >= 4 is 29.7 Å². The molecule has 0 N–H and O–H groups in total. The third-order valence-corrected chi connectivity index (χ3v) is 4.87. The first-order chi connectivity index (χ1) is 12.8. The van der Waals surface area contributed by atoms with Crippen LogP contribution in [0.2, 0.25) is 0 Å². The Morgan fingerprint density at radius 3 is 2.26 bits per heavy atom. The number of hydrogen-bond donors (Lipinski definition) is 0. The average molecular weight is 403 g/mol. The van der Waals surface area contributed by atoms with Gasteiger partial charge in [0.15, 0.2) is 0 Å². The van der Waals surface area contributed by atoms with Crippen molar-refractivity contribution in [2.45, 2.75) is 70.3 Å². The number of nitrogens with zero attached hydrogens (tertiary/aromatic N) is 3. The zero-order valence-corrected chi connectivity index (χ0v) is 16.6. The summed E-state index contributed by atoms with van der Waals surface area (Å²) in [7, 11) is 0. The Hall–Kier alpha value is -1.97. The van der Waals surface area contributed by atoms with E-state index in [0.29, 0.717) is 0 Å². The smallest absolute Gasteiger partial charge is 0.303 e. The fraction of sp³-hybridized carbons (Fsp3) is 0.812. The van der Waals surface area contributed by atoms with Gasteiger partial charge in [-0.25, -0.2) is 0 Å². The van der Waals surface area contributed by atoms with E-state index in [1.165, 1.54) is 32.5 Å². The normalized spacial score (nSPS) is 27.2. The Balaban J connectivity index is 3.18. The van der Waals surface area contributed by atoms with Gasteiger partial charge in [0.25, 0.3) is 0 Å². The van der Waals surface area contributed by atoms with Crippen molar-refractivity contribution in [1.29, 1.82) is 0 Å². The molecule has 11 heteroatoms. The van der Waals surface area contributed by atoms with Crippen LogP contribution in [0.3, 0.4) is 0 Å². The van der Waals surface area contributed by atoms with E-state index in [1.807, 2.05) is 6.92 Å². The first kappa shape index (κ1) is 23.1. The topological polar surface area (TPSA) is 137 Å². The van der Waals surface area contributed by atoms with Gasteiger partial charge in [-0.3, -0.25) is 14.4 Å². The van der Waals surface area contributed by atoms with Crippen molar-refractivity contribution in [1.82, 2.24) is 0 Å². The van der Waals surface area contributed by atoms with Crippen LogP contribution in [-0.4, -0.2) is 60.1 Å². The van der Waals surface area contributed by atoms with E-state index in [2.05, 4.69) is 10.0 Å². The van der Waals surface area contributed by atoms with Crippen LogP contribution in [0.5, 0.6) is 0 Å². The molecule has 1 saturated heterocycles. The summed E-state index contributed by atoms with van der Waals surface area (Å²) in [5.74, 6) is -1.02. The van der Waals surface area contributed by atoms with Crippen LogP contribution in [0.15, 0.2) is 5.11 Å². The standard InChI is InChI=1S/C16H25N3O7S/c1-5-6-7-27-16-15(25-11(4)22)13(18-19-17)14(24-10(3)21)12(26-16)8-23-9(2)20/h12-16H,5-8H2,1-4H3/t12?,13?,14-,15?,16+/m0/s1. The minimum absolute atomic E-state index is 0.192. The molecule has 3 unspecified atom stereocenters. The van der Waals surface area contributed by atoms with Gasteiger partial charge in [-0.15, -0.1) is 11.8 Å². The molecular formula is C16H25N3O7S. The van der Waals surface area contributed by atoms with Crippen molar-refractivity contribution in [2.24, 2.45) is 5.11 Å². The lowest BCUT2D eigenvalue weighted by Gasteiger charge is -2.43. The molecule has 0 saturated carbocycles. The van der Waals surface area contributed by atoms with Crippen molar-refractivity contribution in [3.05, 3.63) is 10.4 Å². The molecule has 0 aromatic rings. The van der Waals surface area contributed by atoms with Crippen molar-refractivity contribution in [3.8, 4) is 0 Å². The van der Waals surface area contributed by atoms with Crippen LogP contribution in [0.25, 0.3) is 10.4 Å². The Bertz CT molecular complexity index is 582. The van der Waals surface area contributed by atoms with Gasteiger partial charge in [-0.1, -0.05) is 18.5 Å². The molecule has 1 aliphatic rings. The quantitative estimate of drug-likeness (QED) is 0.143. The SMILES string of the molecule is CCCCS[C@H]1OC(COC(C)=O)[C@H](OC(C)=O)C(N=[N+]=[N-])C1OC(C)=O. The summed E-state index contributed by atoms with van der Waals surface area (Å²) < 4.78 is 21.5. The first-order valence-corrected chi connectivity index (χ1v) is 9.64. The van der Waals surface area contributed by atoms with Crippen LogP contribution < -0.4 is 0 Å². The van der Waals surface area contributed by atoms with E-state index in [-0.39, 0.29) is 6.61 Å². The number of thioether (sulfide) groups is 1. The van der Waals surface area contributed by atoms with Gasteiger partial charge in [-0.05, 0) is 17.7 Å². The number of carbonyl (C=O) groups is 3. The summed E-state index contributed by atoms with van der Waals surface area (Å²) in [5, 5.41) is 3.70. The summed E-state index contributed by atoms with van der Waals surface area (Å²) in [6.45, 7) is 5.51. The molecule has 10 nitrogen and oxygen atoms in total. The fourth-order valence-corrected chi connectivity index (χ4v) is 3.87. The molecular weight excluding hydrogens is 378 g/mol. The molecule has 1 aliphatic heterocycles. The maximum atomic E-state index is 11.6. The van der Waals surface area contributed by atoms with E-state index in [0.717, 1.165) is 18.6 Å². The molecule has 152 valence electrons. The number of unbranched alkanes of at least 4 members (excludes halogenated alkanes) is 1. The summed E-state index contributed by atoms with van der Waals surface area (Å²) in [6, 6.07) is -1.02. The number of azide groups is 1. The molecule has 1 rings (SSSR count). The summed E-state index contributed by atoms with van der Waals surface area (Å²) in [5.41, 5.74) is 8.31. The Labute approximate surface area is 161 Å². The molecule has 0 spiro atoms. The molecule has 0 amide bonds. The lowest BCUT2D eigenvalue weighted by molar-refractivity contribution is -0.201. The zero-order valence-electron chi connectivity index (χ0n) is 15.8. The second-order valence-electron chi connectivity index (χ2n) is 5.91. The van der Waals surface area contributed by atoms with Crippen LogP contribution in [0, 0.1) is 0 Å². The highest BCUT2D eigenvalue weighted by molar-refractivity contribution is 7.99. The Morgan fingerprint density at radius 2 is 1.74 bits per heavy atom. The minimum atomic E-state index is -1.06. The van der Waals surface area contributed by atoms with Gasteiger partial charge in [0, 0.05) is 25.7 Å². The largest absolute Gasteiger partial charge is 0.463 e. The van der Waals surface area contributed by atoms with Crippen molar-refractivity contribution in [2.75, 3.05) is 12.4 Å². The summed E-state index contributed by atoms with van der Waals surface area (Å²) in [6.07, 6.45) is -1.00.